The van der Waals surface area contributed by atoms with Crippen LogP contribution in [0.5, 0.6) is 0 Å². The van der Waals surface area contributed by atoms with Crippen molar-refractivity contribution in [1.29, 1.82) is 0 Å². The molecule has 19 heavy (non-hydrogen) atoms. The molecule has 2 N–H and O–H groups in total. The second-order valence-corrected chi connectivity index (χ2v) is 4.91. The van der Waals surface area contributed by atoms with Crippen LogP contribution in [0, 0.1) is 21.8 Å². The second kappa shape index (κ2) is 5.97. The fourth-order valence-corrected chi connectivity index (χ4v) is 2.43. The molecule has 0 bridgehead atoms. The number of hydrogen-bond donors (Lipinski definition) is 2. The Balaban J connectivity index is 1.97. The number of halogens is 1. The second-order valence-electron chi connectivity index (χ2n) is 4.91. The number of hydrogen-bond acceptors (Lipinski definition) is 4. The molecular formula is C13H17FN2O3. The Morgan fingerprint density at radius 3 is 2.79 bits per heavy atom. The van der Waals surface area contributed by atoms with Crippen molar-refractivity contribution in [3.05, 3.63) is 34.1 Å². The lowest BCUT2D eigenvalue weighted by atomic mass is 9.86. The molecule has 6 heteroatoms. The Morgan fingerprint density at radius 1 is 1.42 bits per heavy atom. The number of nitro groups is 1. The van der Waals surface area contributed by atoms with Crippen LogP contribution in [0.1, 0.15) is 25.7 Å². The average molecular weight is 268 g/mol. The Bertz CT molecular complexity index is 467. The molecule has 2 rings (SSSR count). The number of nitrogens with one attached hydrogen (secondary N) is 1. The molecule has 0 aromatic heterocycles. The molecule has 0 spiro atoms. The predicted octanol–water partition coefficient (Wildman–Crippen LogP) is 2.70. The van der Waals surface area contributed by atoms with Crippen molar-refractivity contribution in [3.8, 4) is 0 Å². The molecule has 1 aliphatic rings. The van der Waals surface area contributed by atoms with Crippen LogP contribution in [-0.4, -0.2) is 22.7 Å². The maximum Gasteiger partial charge on any atom is 0.272 e. The average Bonchev–Trinajstić information content (AvgIpc) is 2.39. The van der Waals surface area contributed by atoms with E-state index < -0.39 is 10.7 Å². The number of rotatable bonds is 4. The van der Waals surface area contributed by atoms with Crippen LogP contribution >= 0.6 is 0 Å². The SMILES string of the molecule is O=[N+]([O-])c1ccc(NCC2CCCCC2O)c(F)c1. The quantitative estimate of drug-likeness (QED) is 0.650. The molecule has 2 unspecified atom stereocenters. The molecule has 1 aliphatic carbocycles. The molecule has 1 saturated carbocycles. The molecule has 0 amide bonds. The molecule has 0 heterocycles. The number of nitro benzene ring substituents is 1. The first-order valence-electron chi connectivity index (χ1n) is 6.44. The maximum absolute atomic E-state index is 13.6. The maximum atomic E-state index is 13.6. The van der Waals surface area contributed by atoms with Gasteiger partial charge in [-0.2, -0.15) is 0 Å². The Labute approximate surface area is 110 Å². The Kier molecular flexibility index (Phi) is 4.31. The topological polar surface area (TPSA) is 75.4 Å². The number of aliphatic hydroxyl groups excluding tert-OH is 1. The van der Waals surface area contributed by atoms with Crippen molar-refractivity contribution in [3.63, 3.8) is 0 Å². The first kappa shape index (κ1) is 13.7. The van der Waals surface area contributed by atoms with Gasteiger partial charge in [0.25, 0.3) is 5.69 Å². The lowest BCUT2D eigenvalue weighted by Gasteiger charge is -2.28. The highest BCUT2D eigenvalue weighted by Crippen LogP contribution is 2.26. The minimum absolute atomic E-state index is 0.114. The van der Waals surface area contributed by atoms with Crippen molar-refractivity contribution in [2.45, 2.75) is 31.8 Å². The summed E-state index contributed by atoms with van der Waals surface area (Å²) in [7, 11) is 0. The minimum Gasteiger partial charge on any atom is -0.393 e. The first-order chi connectivity index (χ1) is 9.08. The van der Waals surface area contributed by atoms with E-state index in [1.807, 2.05) is 0 Å². The molecule has 0 saturated heterocycles. The minimum atomic E-state index is -0.639. The van der Waals surface area contributed by atoms with Gasteiger partial charge < -0.3 is 10.4 Å². The normalized spacial score (nSPS) is 23.1. The van der Waals surface area contributed by atoms with Crippen LogP contribution < -0.4 is 5.32 Å². The summed E-state index contributed by atoms with van der Waals surface area (Å²) in [5.41, 5.74) is -0.0240. The van der Waals surface area contributed by atoms with Gasteiger partial charge >= 0.3 is 0 Å². The lowest BCUT2D eigenvalue weighted by molar-refractivity contribution is -0.385. The lowest BCUT2D eigenvalue weighted by Crippen LogP contribution is -2.30. The van der Waals surface area contributed by atoms with Crippen molar-refractivity contribution >= 4 is 11.4 Å². The fraction of sp³-hybridized carbons (Fsp3) is 0.538. The summed E-state index contributed by atoms with van der Waals surface area (Å²) in [5.74, 6) is -0.525. The van der Waals surface area contributed by atoms with Crippen LogP contribution in [0.15, 0.2) is 18.2 Å². The highest BCUT2D eigenvalue weighted by Gasteiger charge is 2.23. The van der Waals surface area contributed by atoms with Gasteiger partial charge in [-0.05, 0) is 18.9 Å². The summed E-state index contributed by atoms with van der Waals surface area (Å²) < 4.78 is 13.6. The molecule has 0 aliphatic heterocycles. The summed E-state index contributed by atoms with van der Waals surface area (Å²) in [5, 5.41) is 23.2. The number of anilines is 1. The molecular weight excluding hydrogens is 251 g/mol. The molecule has 0 radical (unpaired) electrons. The van der Waals surface area contributed by atoms with E-state index in [9.17, 15) is 19.6 Å². The van der Waals surface area contributed by atoms with Crippen molar-refractivity contribution in [2.75, 3.05) is 11.9 Å². The van der Waals surface area contributed by atoms with Gasteiger partial charge in [0.2, 0.25) is 0 Å². The summed E-state index contributed by atoms with van der Waals surface area (Å²) in [4.78, 5) is 9.87. The fourth-order valence-electron chi connectivity index (χ4n) is 2.43. The van der Waals surface area contributed by atoms with Gasteiger partial charge in [-0.3, -0.25) is 10.1 Å². The van der Waals surface area contributed by atoms with E-state index in [0.29, 0.717) is 6.54 Å². The standard InChI is InChI=1S/C13H17FN2O3/c14-11-7-10(16(18)19)5-6-12(11)15-8-9-3-1-2-4-13(9)17/h5-7,9,13,15,17H,1-4,8H2. The zero-order chi connectivity index (χ0) is 13.8. The van der Waals surface area contributed by atoms with E-state index in [2.05, 4.69) is 5.32 Å². The van der Waals surface area contributed by atoms with E-state index in [-0.39, 0.29) is 23.4 Å². The summed E-state index contributed by atoms with van der Waals surface area (Å²) >= 11 is 0. The van der Waals surface area contributed by atoms with Gasteiger partial charge in [0.05, 0.1) is 22.8 Å². The van der Waals surface area contributed by atoms with Crippen molar-refractivity contribution in [1.82, 2.24) is 0 Å². The van der Waals surface area contributed by atoms with Crippen LogP contribution in [-0.2, 0) is 0 Å². The highest BCUT2D eigenvalue weighted by atomic mass is 19.1. The van der Waals surface area contributed by atoms with E-state index in [1.54, 1.807) is 0 Å². The number of nitrogens with zero attached hydrogens (tertiary/aromatic N) is 1. The monoisotopic (exact) mass is 268 g/mol. The van der Waals surface area contributed by atoms with E-state index >= 15 is 0 Å². The summed E-state index contributed by atoms with van der Waals surface area (Å²) in [6.07, 6.45) is 3.47. The van der Waals surface area contributed by atoms with Crippen LogP contribution in [0.3, 0.4) is 0 Å². The first-order valence-corrected chi connectivity index (χ1v) is 6.44. The molecule has 1 aromatic rings. The van der Waals surface area contributed by atoms with Gasteiger partial charge in [0, 0.05) is 18.5 Å². The molecule has 104 valence electrons. The molecule has 5 nitrogen and oxygen atoms in total. The van der Waals surface area contributed by atoms with Crippen LogP contribution in [0.4, 0.5) is 15.8 Å². The number of aliphatic hydroxyl groups is 1. The van der Waals surface area contributed by atoms with Gasteiger partial charge in [0.15, 0.2) is 5.82 Å². The number of non-ortho nitro benzene ring substituents is 1. The zero-order valence-electron chi connectivity index (χ0n) is 10.5. The largest absolute Gasteiger partial charge is 0.393 e. The summed E-state index contributed by atoms with van der Waals surface area (Å²) in [6, 6.07) is 3.53. The van der Waals surface area contributed by atoms with Gasteiger partial charge in [-0.1, -0.05) is 12.8 Å². The number of benzene rings is 1. The van der Waals surface area contributed by atoms with Gasteiger partial charge in [-0.15, -0.1) is 0 Å². The third kappa shape index (κ3) is 3.41. The van der Waals surface area contributed by atoms with Gasteiger partial charge in [0.1, 0.15) is 0 Å². The smallest absolute Gasteiger partial charge is 0.272 e. The van der Waals surface area contributed by atoms with E-state index in [1.165, 1.54) is 12.1 Å². The predicted molar refractivity (Wildman–Crippen MR) is 69.5 cm³/mol. The molecule has 1 fully saturated rings. The van der Waals surface area contributed by atoms with Crippen molar-refractivity contribution < 1.29 is 14.4 Å². The van der Waals surface area contributed by atoms with Gasteiger partial charge in [-0.25, -0.2) is 4.39 Å². The highest BCUT2D eigenvalue weighted by molar-refractivity contribution is 5.50. The van der Waals surface area contributed by atoms with Crippen molar-refractivity contribution in [2.24, 2.45) is 5.92 Å². The Hall–Kier alpha value is -1.69. The summed E-state index contributed by atoms with van der Waals surface area (Å²) in [6.45, 7) is 0.482. The van der Waals surface area contributed by atoms with E-state index in [4.69, 9.17) is 0 Å². The van der Waals surface area contributed by atoms with Crippen LogP contribution in [0.2, 0.25) is 0 Å². The zero-order valence-corrected chi connectivity index (χ0v) is 10.5. The molecule has 1 aromatic carbocycles. The van der Waals surface area contributed by atoms with E-state index in [0.717, 1.165) is 31.7 Å². The Morgan fingerprint density at radius 2 is 2.16 bits per heavy atom. The van der Waals surface area contributed by atoms with Crippen LogP contribution in [0.25, 0.3) is 0 Å². The molecule has 2 atom stereocenters. The third-order valence-corrected chi connectivity index (χ3v) is 3.59. The third-order valence-electron chi connectivity index (χ3n) is 3.59.